The number of sulfonamides is 1. The molecule has 0 radical (unpaired) electrons. The van der Waals surface area contributed by atoms with Crippen LogP contribution in [0.1, 0.15) is 20.3 Å². The molecule has 0 aliphatic rings. The van der Waals surface area contributed by atoms with E-state index in [4.69, 9.17) is 4.74 Å². The quantitative estimate of drug-likeness (QED) is 0.552. The fourth-order valence-electron chi connectivity index (χ4n) is 0.972. The lowest BCUT2D eigenvalue weighted by Gasteiger charge is -2.08. The Labute approximate surface area is 92.6 Å². The second-order valence-corrected chi connectivity index (χ2v) is 5.59. The van der Waals surface area contributed by atoms with Crippen LogP contribution in [0.3, 0.4) is 0 Å². The molecule has 5 nitrogen and oxygen atoms in total. The largest absolute Gasteiger partial charge is 0.384 e. The van der Waals surface area contributed by atoms with Crippen molar-refractivity contribution in [2.75, 3.05) is 32.6 Å². The summed E-state index contributed by atoms with van der Waals surface area (Å²) in [6.45, 7) is 5.65. The first-order valence-electron chi connectivity index (χ1n) is 5.17. The SMILES string of the molecule is COCCS(=O)(=O)NCCCNC(C)C. The first kappa shape index (κ1) is 14.8. The van der Waals surface area contributed by atoms with Crippen LogP contribution in [0.5, 0.6) is 0 Å². The zero-order valence-electron chi connectivity index (χ0n) is 9.75. The van der Waals surface area contributed by atoms with E-state index in [1.54, 1.807) is 0 Å². The molecule has 0 spiro atoms. The summed E-state index contributed by atoms with van der Waals surface area (Å²) in [6, 6.07) is 0.440. The molecular weight excluding hydrogens is 216 g/mol. The molecule has 0 atom stereocenters. The monoisotopic (exact) mass is 238 g/mol. The number of nitrogens with one attached hydrogen (secondary N) is 2. The Hall–Kier alpha value is -0.170. The van der Waals surface area contributed by atoms with Crippen LogP contribution in [0, 0.1) is 0 Å². The Bertz CT molecular complexity index is 240. The molecule has 0 fully saturated rings. The second-order valence-electron chi connectivity index (χ2n) is 3.67. The van der Waals surface area contributed by atoms with Crippen molar-refractivity contribution in [1.29, 1.82) is 0 Å². The zero-order valence-corrected chi connectivity index (χ0v) is 10.6. The van der Waals surface area contributed by atoms with Crippen molar-refractivity contribution in [3.8, 4) is 0 Å². The van der Waals surface area contributed by atoms with Crippen LogP contribution in [0.25, 0.3) is 0 Å². The van der Waals surface area contributed by atoms with Crippen LogP contribution in [-0.2, 0) is 14.8 Å². The van der Waals surface area contributed by atoms with E-state index >= 15 is 0 Å². The maximum absolute atomic E-state index is 11.3. The van der Waals surface area contributed by atoms with Crippen molar-refractivity contribution in [3.63, 3.8) is 0 Å². The summed E-state index contributed by atoms with van der Waals surface area (Å²) in [7, 11) is -1.66. The summed E-state index contributed by atoms with van der Waals surface area (Å²) in [5, 5.41) is 3.22. The summed E-state index contributed by atoms with van der Waals surface area (Å²) in [5.41, 5.74) is 0. The van der Waals surface area contributed by atoms with Gasteiger partial charge < -0.3 is 10.1 Å². The maximum atomic E-state index is 11.3. The molecule has 0 saturated carbocycles. The number of hydrogen-bond donors (Lipinski definition) is 2. The first-order valence-corrected chi connectivity index (χ1v) is 6.83. The molecule has 0 aromatic carbocycles. The van der Waals surface area contributed by atoms with Crippen molar-refractivity contribution >= 4 is 10.0 Å². The highest BCUT2D eigenvalue weighted by molar-refractivity contribution is 7.89. The third-order valence-electron chi connectivity index (χ3n) is 1.78. The third-order valence-corrected chi connectivity index (χ3v) is 3.13. The number of methoxy groups -OCH3 is 1. The molecule has 0 aromatic rings. The number of hydrogen-bond acceptors (Lipinski definition) is 4. The van der Waals surface area contributed by atoms with Crippen LogP contribution < -0.4 is 10.0 Å². The van der Waals surface area contributed by atoms with Crippen molar-refractivity contribution in [2.24, 2.45) is 0 Å². The molecule has 0 aliphatic carbocycles. The Balaban J connectivity index is 3.49. The van der Waals surface area contributed by atoms with Crippen LogP contribution in [0.15, 0.2) is 0 Å². The highest BCUT2D eigenvalue weighted by atomic mass is 32.2. The van der Waals surface area contributed by atoms with E-state index in [-0.39, 0.29) is 12.4 Å². The van der Waals surface area contributed by atoms with Crippen LogP contribution in [0.2, 0.25) is 0 Å². The Morgan fingerprint density at radius 2 is 1.93 bits per heavy atom. The normalized spacial score (nSPS) is 12.3. The predicted molar refractivity (Wildman–Crippen MR) is 61.4 cm³/mol. The summed E-state index contributed by atoms with van der Waals surface area (Å²) in [5.74, 6) is 0.0289. The molecule has 0 aromatic heterocycles. The minimum Gasteiger partial charge on any atom is -0.384 e. The molecular formula is C9H22N2O3S. The van der Waals surface area contributed by atoms with Gasteiger partial charge in [0, 0.05) is 19.7 Å². The third kappa shape index (κ3) is 10.1. The molecule has 15 heavy (non-hydrogen) atoms. The van der Waals surface area contributed by atoms with E-state index in [1.165, 1.54) is 7.11 Å². The molecule has 0 amide bonds. The van der Waals surface area contributed by atoms with Gasteiger partial charge in [-0.15, -0.1) is 0 Å². The van der Waals surface area contributed by atoms with E-state index < -0.39 is 10.0 Å². The van der Waals surface area contributed by atoms with Gasteiger partial charge in [0.1, 0.15) is 0 Å². The standard InChI is InChI=1S/C9H22N2O3S/c1-9(2)10-5-4-6-11-15(12,13)8-7-14-3/h9-11H,4-8H2,1-3H3. The highest BCUT2D eigenvalue weighted by Crippen LogP contribution is 1.86. The van der Waals surface area contributed by atoms with Gasteiger partial charge in [0.05, 0.1) is 12.4 Å². The van der Waals surface area contributed by atoms with E-state index in [9.17, 15) is 8.42 Å². The average Bonchev–Trinajstić information content (AvgIpc) is 2.14. The lowest BCUT2D eigenvalue weighted by atomic mass is 10.3. The maximum Gasteiger partial charge on any atom is 0.213 e. The summed E-state index contributed by atoms with van der Waals surface area (Å²) in [4.78, 5) is 0. The van der Waals surface area contributed by atoms with Gasteiger partial charge in [-0.1, -0.05) is 13.8 Å². The predicted octanol–water partition coefficient (Wildman–Crippen LogP) is -0.0597. The molecule has 0 aliphatic heterocycles. The second kappa shape index (κ2) is 8.04. The molecule has 0 saturated heterocycles. The molecule has 0 heterocycles. The summed E-state index contributed by atoms with van der Waals surface area (Å²) < 4.78 is 29.8. The molecule has 6 heteroatoms. The van der Waals surface area contributed by atoms with Crippen LogP contribution in [0.4, 0.5) is 0 Å². The Morgan fingerprint density at radius 1 is 1.27 bits per heavy atom. The van der Waals surface area contributed by atoms with Gasteiger partial charge in [0.25, 0.3) is 0 Å². The number of rotatable bonds is 9. The molecule has 0 rings (SSSR count). The van der Waals surface area contributed by atoms with Crippen molar-refractivity contribution in [1.82, 2.24) is 10.0 Å². The minimum absolute atomic E-state index is 0.0289. The van der Waals surface area contributed by atoms with Gasteiger partial charge >= 0.3 is 0 Å². The Kier molecular flexibility index (Phi) is 7.95. The fraction of sp³-hybridized carbons (Fsp3) is 1.00. The van der Waals surface area contributed by atoms with Gasteiger partial charge in [-0.3, -0.25) is 0 Å². The highest BCUT2D eigenvalue weighted by Gasteiger charge is 2.07. The van der Waals surface area contributed by atoms with Crippen molar-refractivity contribution in [3.05, 3.63) is 0 Å². The zero-order chi connectivity index (χ0) is 11.7. The van der Waals surface area contributed by atoms with Gasteiger partial charge in [0.15, 0.2) is 0 Å². The van der Waals surface area contributed by atoms with Gasteiger partial charge in [0.2, 0.25) is 10.0 Å². The smallest absolute Gasteiger partial charge is 0.213 e. The van der Waals surface area contributed by atoms with E-state index in [0.717, 1.165) is 13.0 Å². The van der Waals surface area contributed by atoms with Gasteiger partial charge in [-0.25, -0.2) is 13.1 Å². The molecule has 2 N–H and O–H groups in total. The van der Waals surface area contributed by atoms with E-state index in [2.05, 4.69) is 23.9 Å². The van der Waals surface area contributed by atoms with Crippen LogP contribution in [-0.4, -0.2) is 47.0 Å². The lowest BCUT2D eigenvalue weighted by molar-refractivity contribution is 0.217. The van der Waals surface area contributed by atoms with E-state index in [0.29, 0.717) is 12.6 Å². The molecule has 0 unspecified atom stereocenters. The summed E-state index contributed by atoms with van der Waals surface area (Å²) >= 11 is 0. The minimum atomic E-state index is -3.15. The number of ether oxygens (including phenoxy) is 1. The van der Waals surface area contributed by atoms with Gasteiger partial charge in [-0.2, -0.15) is 0 Å². The molecule has 92 valence electrons. The first-order chi connectivity index (χ1) is 6.98. The fourth-order valence-corrected chi connectivity index (χ4v) is 1.96. The topological polar surface area (TPSA) is 67.4 Å². The Morgan fingerprint density at radius 3 is 2.47 bits per heavy atom. The van der Waals surface area contributed by atoms with Crippen molar-refractivity contribution < 1.29 is 13.2 Å². The van der Waals surface area contributed by atoms with Crippen molar-refractivity contribution in [2.45, 2.75) is 26.3 Å². The van der Waals surface area contributed by atoms with E-state index in [1.807, 2.05) is 0 Å². The van der Waals surface area contributed by atoms with Gasteiger partial charge in [-0.05, 0) is 13.0 Å². The average molecular weight is 238 g/mol. The summed E-state index contributed by atoms with van der Waals surface area (Å²) in [6.07, 6.45) is 0.796. The lowest BCUT2D eigenvalue weighted by Crippen LogP contribution is -2.32. The molecule has 0 bridgehead atoms. The van der Waals surface area contributed by atoms with Crippen LogP contribution >= 0.6 is 0 Å².